The van der Waals surface area contributed by atoms with Gasteiger partial charge in [-0.3, -0.25) is 0 Å². The smallest absolute Gasteiger partial charge is 0.188 e. The van der Waals surface area contributed by atoms with Crippen molar-refractivity contribution in [3.63, 3.8) is 0 Å². The van der Waals surface area contributed by atoms with Crippen LogP contribution in [-0.2, 0) is 9.84 Å². The van der Waals surface area contributed by atoms with Crippen LogP contribution < -0.4 is 5.32 Å². The van der Waals surface area contributed by atoms with E-state index in [1.165, 1.54) is 17.6 Å². The van der Waals surface area contributed by atoms with Gasteiger partial charge in [-0.25, -0.2) is 13.4 Å². The average molecular weight is 304 g/mol. The van der Waals surface area contributed by atoms with E-state index in [9.17, 15) is 8.42 Å². The molecule has 0 amide bonds. The van der Waals surface area contributed by atoms with E-state index in [0.717, 1.165) is 21.0 Å². The molecule has 0 spiro atoms. The van der Waals surface area contributed by atoms with Crippen molar-refractivity contribution in [1.82, 2.24) is 4.98 Å². The van der Waals surface area contributed by atoms with Crippen LogP contribution in [0.4, 0.5) is 10.8 Å². The SMILES string of the molecule is CS(=O)(=O)c1ccc2nc(Nc3ccccc3)sc2c1. The third kappa shape index (κ3) is 2.66. The molecule has 2 aromatic carbocycles. The molecule has 0 aliphatic heterocycles. The van der Waals surface area contributed by atoms with Crippen molar-refractivity contribution in [1.29, 1.82) is 0 Å². The molecule has 20 heavy (non-hydrogen) atoms. The number of nitrogens with zero attached hydrogens (tertiary/aromatic N) is 1. The van der Waals surface area contributed by atoms with Crippen LogP contribution in [0.1, 0.15) is 0 Å². The summed E-state index contributed by atoms with van der Waals surface area (Å²) < 4.78 is 23.9. The lowest BCUT2D eigenvalue weighted by Gasteiger charge is -1.99. The third-order valence-electron chi connectivity index (χ3n) is 2.81. The van der Waals surface area contributed by atoms with Crippen molar-refractivity contribution in [2.24, 2.45) is 0 Å². The van der Waals surface area contributed by atoms with Crippen LogP contribution in [0.15, 0.2) is 53.4 Å². The molecule has 1 heterocycles. The van der Waals surface area contributed by atoms with Crippen LogP contribution in [0.3, 0.4) is 0 Å². The number of nitrogens with one attached hydrogen (secondary N) is 1. The van der Waals surface area contributed by atoms with Gasteiger partial charge in [0.15, 0.2) is 15.0 Å². The first-order chi connectivity index (χ1) is 9.52. The highest BCUT2D eigenvalue weighted by Crippen LogP contribution is 2.29. The maximum absolute atomic E-state index is 11.5. The van der Waals surface area contributed by atoms with Crippen LogP contribution >= 0.6 is 11.3 Å². The lowest BCUT2D eigenvalue weighted by Crippen LogP contribution is -1.95. The van der Waals surface area contributed by atoms with Crippen molar-refractivity contribution in [3.05, 3.63) is 48.5 Å². The predicted molar refractivity (Wildman–Crippen MR) is 82.5 cm³/mol. The first-order valence-corrected chi connectivity index (χ1v) is 8.66. The number of thiazole rings is 1. The number of hydrogen-bond donors (Lipinski definition) is 1. The summed E-state index contributed by atoms with van der Waals surface area (Å²) in [6.07, 6.45) is 1.21. The molecule has 6 heteroatoms. The highest BCUT2D eigenvalue weighted by atomic mass is 32.2. The van der Waals surface area contributed by atoms with Crippen LogP contribution in [-0.4, -0.2) is 19.7 Å². The van der Waals surface area contributed by atoms with Crippen LogP contribution in [0.2, 0.25) is 0 Å². The summed E-state index contributed by atoms with van der Waals surface area (Å²) in [5.41, 5.74) is 1.75. The number of hydrogen-bond acceptors (Lipinski definition) is 5. The van der Waals surface area contributed by atoms with E-state index in [4.69, 9.17) is 0 Å². The molecule has 4 nitrogen and oxygen atoms in total. The second-order valence-corrected chi connectivity index (χ2v) is 7.46. The Hall–Kier alpha value is -1.92. The molecule has 0 saturated heterocycles. The second kappa shape index (κ2) is 4.88. The first-order valence-electron chi connectivity index (χ1n) is 5.95. The molecule has 0 bridgehead atoms. The van der Waals surface area contributed by atoms with Gasteiger partial charge in [-0.15, -0.1) is 0 Å². The van der Waals surface area contributed by atoms with E-state index in [-0.39, 0.29) is 0 Å². The van der Waals surface area contributed by atoms with E-state index < -0.39 is 9.84 Å². The number of aromatic nitrogens is 1. The average Bonchev–Trinajstić information content (AvgIpc) is 2.80. The van der Waals surface area contributed by atoms with Crippen molar-refractivity contribution in [3.8, 4) is 0 Å². The van der Waals surface area contributed by atoms with Gasteiger partial charge >= 0.3 is 0 Å². The number of para-hydroxylation sites is 1. The van der Waals surface area contributed by atoms with Gasteiger partial charge < -0.3 is 5.32 Å². The quantitative estimate of drug-likeness (QED) is 0.805. The Balaban J connectivity index is 1.99. The van der Waals surface area contributed by atoms with E-state index in [1.54, 1.807) is 18.2 Å². The molecular weight excluding hydrogens is 292 g/mol. The summed E-state index contributed by atoms with van der Waals surface area (Å²) in [7, 11) is -3.19. The predicted octanol–water partition coefficient (Wildman–Crippen LogP) is 3.44. The molecular formula is C14H12N2O2S2. The lowest BCUT2D eigenvalue weighted by molar-refractivity contribution is 0.602. The molecule has 3 aromatic rings. The minimum atomic E-state index is -3.19. The molecule has 3 rings (SSSR count). The Bertz CT molecular complexity index is 855. The molecule has 0 saturated carbocycles. The van der Waals surface area contributed by atoms with Crippen LogP contribution in [0.25, 0.3) is 10.2 Å². The van der Waals surface area contributed by atoms with Crippen LogP contribution in [0.5, 0.6) is 0 Å². The van der Waals surface area contributed by atoms with Gasteiger partial charge in [-0.1, -0.05) is 29.5 Å². The van der Waals surface area contributed by atoms with Gasteiger partial charge in [0, 0.05) is 11.9 Å². The molecule has 102 valence electrons. The third-order valence-corrected chi connectivity index (χ3v) is 4.86. The molecule has 0 atom stereocenters. The van der Waals surface area contributed by atoms with Gasteiger partial charge in [0.2, 0.25) is 0 Å². The minimum Gasteiger partial charge on any atom is -0.332 e. The largest absolute Gasteiger partial charge is 0.332 e. The number of fused-ring (bicyclic) bond motifs is 1. The first kappa shape index (κ1) is 13.1. The van der Waals surface area contributed by atoms with Crippen LogP contribution in [0, 0.1) is 0 Å². The van der Waals surface area contributed by atoms with E-state index in [2.05, 4.69) is 10.3 Å². The molecule has 1 aromatic heterocycles. The van der Waals surface area contributed by atoms with Crippen molar-refractivity contribution in [2.45, 2.75) is 4.90 Å². The zero-order chi connectivity index (χ0) is 14.2. The Morgan fingerprint density at radius 2 is 1.85 bits per heavy atom. The maximum Gasteiger partial charge on any atom is 0.188 e. The number of sulfone groups is 1. The molecule has 0 unspecified atom stereocenters. The highest BCUT2D eigenvalue weighted by Gasteiger charge is 2.10. The Labute approximate surface area is 121 Å². The Kier molecular flexibility index (Phi) is 3.19. The number of benzene rings is 2. The highest BCUT2D eigenvalue weighted by molar-refractivity contribution is 7.90. The van der Waals surface area contributed by atoms with Crippen molar-refractivity contribution >= 4 is 42.2 Å². The summed E-state index contributed by atoms with van der Waals surface area (Å²) in [6, 6.07) is 14.7. The van der Waals surface area contributed by atoms with Gasteiger partial charge in [-0.2, -0.15) is 0 Å². The van der Waals surface area contributed by atoms with Gasteiger partial charge in [0.25, 0.3) is 0 Å². The molecule has 0 fully saturated rings. The monoisotopic (exact) mass is 304 g/mol. The number of anilines is 2. The summed E-state index contributed by atoms with van der Waals surface area (Å²) in [6.45, 7) is 0. The van der Waals surface area contributed by atoms with E-state index in [0.29, 0.717) is 4.90 Å². The Morgan fingerprint density at radius 1 is 1.10 bits per heavy atom. The topological polar surface area (TPSA) is 59.1 Å². The fourth-order valence-electron chi connectivity index (χ4n) is 1.83. The molecule has 0 aliphatic rings. The summed E-state index contributed by atoms with van der Waals surface area (Å²) in [4.78, 5) is 4.76. The Morgan fingerprint density at radius 3 is 2.55 bits per heavy atom. The standard InChI is InChI=1S/C14H12N2O2S2/c1-20(17,18)11-7-8-12-13(9-11)19-14(16-12)15-10-5-3-2-4-6-10/h2-9H,1H3,(H,15,16). The van der Waals surface area contributed by atoms with Gasteiger partial charge in [-0.05, 0) is 30.3 Å². The molecule has 1 N–H and O–H groups in total. The van der Waals surface area contributed by atoms with Crippen molar-refractivity contribution in [2.75, 3.05) is 11.6 Å². The molecule has 0 aliphatic carbocycles. The van der Waals surface area contributed by atoms with Crippen molar-refractivity contribution < 1.29 is 8.42 Å². The lowest BCUT2D eigenvalue weighted by atomic mass is 10.3. The fraction of sp³-hybridized carbons (Fsp3) is 0.0714. The minimum absolute atomic E-state index is 0.319. The second-order valence-electron chi connectivity index (χ2n) is 4.41. The normalized spacial score (nSPS) is 11.7. The number of rotatable bonds is 3. The summed E-state index contributed by atoms with van der Waals surface area (Å²) in [5, 5.41) is 3.96. The zero-order valence-corrected chi connectivity index (χ0v) is 12.3. The zero-order valence-electron chi connectivity index (χ0n) is 10.7. The maximum atomic E-state index is 11.5. The summed E-state index contributed by atoms with van der Waals surface area (Å²) in [5.74, 6) is 0. The van der Waals surface area contributed by atoms with Gasteiger partial charge in [0.1, 0.15) is 0 Å². The fourth-order valence-corrected chi connectivity index (χ4v) is 3.48. The summed E-state index contributed by atoms with van der Waals surface area (Å²) >= 11 is 1.44. The molecule has 0 radical (unpaired) electrons. The van der Waals surface area contributed by atoms with E-state index >= 15 is 0 Å². The van der Waals surface area contributed by atoms with E-state index in [1.807, 2.05) is 30.3 Å². The van der Waals surface area contributed by atoms with Gasteiger partial charge in [0.05, 0.1) is 15.1 Å².